The SMILES string of the molecule is CCCCCCNC(N)=NCCCOCCOCc1ccccc1. The van der Waals surface area contributed by atoms with Crippen molar-refractivity contribution >= 4 is 5.96 Å². The highest BCUT2D eigenvalue weighted by atomic mass is 16.5. The third-order valence-electron chi connectivity index (χ3n) is 3.55. The number of benzene rings is 1. The molecule has 1 aromatic carbocycles. The van der Waals surface area contributed by atoms with Crippen LogP contribution in [0.15, 0.2) is 35.3 Å². The van der Waals surface area contributed by atoms with E-state index in [1.54, 1.807) is 0 Å². The van der Waals surface area contributed by atoms with Gasteiger partial charge in [-0.15, -0.1) is 0 Å². The highest BCUT2D eigenvalue weighted by molar-refractivity contribution is 5.77. The lowest BCUT2D eigenvalue weighted by molar-refractivity contribution is 0.0403. The molecule has 0 fully saturated rings. The second kappa shape index (κ2) is 15.0. The number of guanidine groups is 1. The smallest absolute Gasteiger partial charge is 0.188 e. The molecular formula is C19H33N3O2. The summed E-state index contributed by atoms with van der Waals surface area (Å²) in [5.41, 5.74) is 6.99. The fourth-order valence-corrected chi connectivity index (χ4v) is 2.17. The van der Waals surface area contributed by atoms with Crippen LogP contribution < -0.4 is 11.1 Å². The summed E-state index contributed by atoms with van der Waals surface area (Å²) in [6.45, 7) is 6.35. The second-order valence-corrected chi connectivity index (χ2v) is 5.76. The van der Waals surface area contributed by atoms with Gasteiger partial charge in [-0.3, -0.25) is 4.99 Å². The molecule has 5 heteroatoms. The number of unbranched alkanes of at least 4 members (excludes halogenated alkanes) is 3. The van der Waals surface area contributed by atoms with Crippen molar-refractivity contribution in [1.82, 2.24) is 5.32 Å². The molecule has 0 aliphatic rings. The van der Waals surface area contributed by atoms with Crippen LogP contribution in [0.25, 0.3) is 0 Å². The minimum absolute atomic E-state index is 0.540. The van der Waals surface area contributed by atoms with Crippen LogP contribution in [-0.4, -0.2) is 38.9 Å². The number of nitrogens with two attached hydrogens (primary N) is 1. The maximum Gasteiger partial charge on any atom is 0.188 e. The van der Waals surface area contributed by atoms with Crippen LogP contribution in [0.5, 0.6) is 0 Å². The summed E-state index contributed by atoms with van der Waals surface area (Å²) in [4.78, 5) is 4.29. The van der Waals surface area contributed by atoms with E-state index in [1.807, 2.05) is 18.2 Å². The first-order valence-corrected chi connectivity index (χ1v) is 9.06. The topological polar surface area (TPSA) is 68.9 Å². The van der Waals surface area contributed by atoms with Gasteiger partial charge in [0.25, 0.3) is 0 Å². The van der Waals surface area contributed by atoms with Gasteiger partial charge in [0.2, 0.25) is 0 Å². The van der Waals surface area contributed by atoms with Crippen LogP contribution in [0.2, 0.25) is 0 Å². The van der Waals surface area contributed by atoms with Gasteiger partial charge < -0.3 is 20.5 Å². The molecule has 0 saturated carbocycles. The largest absolute Gasteiger partial charge is 0.379 e. The Bertz CT molecular complexity index is 424. The molecule has 24 heavy (non-hydrogen) atoms. The predicted octanol–water partition coefficient (Wildman–Crippen LogP) is 3.09. The van der Waals surface area contributed by atoms with Crippen LogP contribution in [0, 0.1) is 0 Å². The van der Waals surface area contributed by atoms with Gasteiger partial charge in [-0.1, -0.05) is 56.5 Å². The molecule has 0 radical (unpaired) electrons. The Morgan fingerprint density at radius 1 is 1.00 bits per heavy atom. The number of nitrogens with zero attached hydrogens (tertiary/aromatic N) is 1. The molecule has 0 unspecified atom stereocenters. The fraction of sp³-hybridized carbons (Fsp3) is 0.632. The molecule has 0 saturated heterocycles. The predicted molar refractivity (Wildman–Crippen MR) is 100 cm³/mol. The summed E-state index contributed by atoms with van der Waals surface area (Å²) >= 11 is 0. The van der Waals surface area contributed by atoms with Crippen molar-refractivity contribution in [2.75, 3.05) is 32.9 Å². The van der Waals surface area contributed by atoms with Crippen molar-refractivity contribution < 1.29 is 9.47 Å². The van der Waals surface area contributed by atoms with E-state index in [9.17, 15) is 0 Å². The van der Waals surface area contributed by atoms with E-state index in [1.165, 1.54) is 24.8 Å². The molecule has 0 spiro atoms. The van der Waals surface area contributed by atoms with Crippen LogP contribution in [0.4, 0.5) is 0 Å². The maximum absolute atomic E-state index is 5.80. The van der Waals surface area contributed by atoms with Gasteiger partial charge in [-0.2, -0.15) is 0 Å². The summed E-state index contributed by atoms with van der Waals surface area (Å²) in [5, 5.41) is 3.14. The van der Waals surface area contributed by atoms with Gasteiger partial charge in [0.1, 0.15) is 0 Å². The zero-order valence-electron chi connectivity index (χ0n) is 15.0. The number of hydrogen-bond acceptors (Lipinski definition) is 3. The van der Waals surface area contributed by atoms with Gasteiger partial charge in [0.15, 0.2) is 5.96 Å². The minimum atomic E-state index is 0.540. The summed E-state index contributed by atoms with van der Waals surface area (Å²) in [6, 6.07) is 10.1. The molecule has 0 aromatic heterocycles. The molecule has 0 aliphatic carbocycles. The number of rotatable bonds is 14. The molecule has 0 atom stereocenters. The fourth-order valence-electron chi connectivity index (χ4n) is 2.17. The van der Waals surface area contributed by atoms with E-state index >= 15 is 0 Å². The normalized spacial score (nSPS) is 11.6. The molecule has 0 heterocycles. The molecule has 0 aliphatic heterocycles. The molecule has 5 nitrogen and oxygen atoms in total. The Labute approximate surface area is 146 Å². The zero-order valence-corrected chi connectivity index (χ0v) is 15.0. The van der Waals surface area contributed by atoms with Crippen molar-refractivity contribution in [2.45, 2.75) is 45.6 Å². The molecule has 3 N–H and O–H groups in total. The summed E-state index contributed by atoms with van der Waals surface area (Å²) in [7, 11) is 0. The number of nitrogens with one attached hydrogen (secondary N) is 1. The van der Waals surface area contributed by atoms with E-state index in [0.717, 1.165) is 19.4 Å². The third kappa shape index (κ3) is 11.9. The molecule has 1 aromatic rings. The Morgan fingerprint density at radius 3 is 2.58 bits per heavy atom. The van der Waals surface area contributed by atoms with Gasteiger partial charge in [0.05, 0.1) is 19.8 Å². The van der Waals surface area contributed by atoms with Gasteiger partial charge in [-0.25, -0.2) is 0 Å². The summed E-state index contributed by atoms with van der Waals surface area (Å²) in [6.07, 6.45) is 5.80. The lowest BCUT2D eigenvalue weighted by atomic mass is 10.2. The molecular weight excluding hydrogens is 302 g/mol. The van der Waals surface area contributed by atoms with E-state index in [-0.39, 0.29) is 0 Å². The van der Waals surface area contributed by atoms with E-state index in [0.29, 0.717) is 38.9 Å². The van der Waals surface area contributed by atoms with Crippen LogP contribution in [-0.2, 0) is 16.1 Å². The van der Waals surface area contributed by atoms with Crippen molar-refractivity contribution in [3.05, 3.63) is 35.9 Å². The average molecular weight is 335 g/mol. The monoisotopic (exact) mass is 335 g/mol. The van der Waals surface area contributed by atoms with Crippen LogP contribution in [0.1, 0.15) is 44.6 Å². The maximum atomic E-state index is 5.80. The second-order valence-electron chi connectivity index (χ2n) is 5.76. The Hall–Kier alpha value is -1.59. The number of ether oxygens (including phenoxy) is 2. The van der Waals surface area contributed by atoms with Crippen molar-refractivity contribution in [3.63, 3.8) is 0 Å². The first kappa shape index (κ1) is 20.5. The Kier molecular flexibility index (Phi) is 12.8. The number of aliphatic imine (C=N–C) groups is 1. The molecule has 0 amide bonds. The zero-order chi connectivity index (χ0) is 17.3. The Balaban J connectivity index is 1.86. The first-order chi connectivity index (χ1) is 11.8. The van der Waals surface area contributed by atoms with Gasteiger partial charge in [0, 0.05) is 19.7 Å². The summed E-state index contributed by atoms with van der Waals surface area (Å²) < 4.78 is 11.1. The van der Waals surface area contributed by atoms with E-state index in [4.69, 9.17) is 15.2 Å². The molecule has 136 valence electrons. The van der Waals surface area contributed by atoms with E-state index < -0.39 is 0 Å². The van der Waals surface area contributed by atoms with E-state index in [2.05, 4.69) is 29.4 Å². The van der Waals surface area contributed by atoms with Crippen LogP contribution in [0.3, 0.4) is 0 Å². The summed E-state index contributed by atoms with van der Waals surface area (Å²) in [5.74, 6) is 0.540. The van der Waals surface area contributed by atoms with Crippen LogP contribution >= 0.6 is 0 Å². The van der Waals surface area contributed by atoms with Crippen molar-refractivity contribution in [3.8, 4) is 0 Å². The highest BCUT2D eigenvalue weighted by Crippen LogP contribution is 2.00. The minimum Gasteiger partial charge on any atom is -0.379 e. The molecule has 1 rings (SSSR count). The third-order valence-corrected chi connectivity index (χ3v) is 3.55. The van der Waals surface area contributed by atoms with Gasteiger partial charge >= 0.3 is 0 Å². The standard InChI is InChI=1S/C19H33N3O2/c1-2-3-4-8-12-21-19(20)22-13-9-14-23-15-16-24-17-18-10-6-5-7-11-18/h5-7,10-11H,2-4,8-9,12-17H2,1H3,(H3,20,21,22). The average Bonchev–Trinajstić information content (AvgIpc) is 2.61. The lowest BCUT2D eigenvalue weighted by Crippen LogP contribution is -2.32. The Morgan fingerprint density at radius 2 is 1.79 bits per heavy atom. The lowest BCUT2D eigenvalue weighted by Gasteiger charge is -2.06. The molecule has 0 bridgehead atoms. The first-order valence-electron chi connectivity index (χ1n) is 9.06. The number of hydrogen-bond donors (Lipinski definition) is 2. The van der Waals surface area contributed by atoms with Crippen molar-refractivity contribution in [1.29, 1.82) is 0 Å². The highest BCUT2D eigenvalue weighted by Gasteiger charge is 1.94. The quantitative estimate of drug-likeness (QED) is 0.311. The van der Waals surface area contributed by atoms with Crippen molar-refractivity contribution in [2.24, 2.45) is 10.7 Å². The van der Waals surface area contributed by atoms with Gasteiger partial charge in [-0.05, 0) is 18.4 Å².